The molecule has 0 aromatic carbocycles. The molecule has 1 N–H and O–H groups in total. The summed E-state index contributed by atoms with van der Waals surface area (Å²) < 4.78 is 0. The highest BCUT2D eigenvalue weighted by Gasteiger charge is 2.52. The fourth-order valence-corrected chi connectivity index (χ4v) is 4.33. The van der Waals surface area contributed by atoms with Gasteiger partial charge in [0.05, 0.1) is 12.0 Å². The number of rotatable bonds is 1. The minimum absolute atomic E-state index is 0.0315. The molecule has 3 heteroatoms. The van der Waals surface area contributed by atoms with Gasteiger partial charge in [0.2, 0.25) is 0 Å². The number of carbonyl (C=O) groups is 1. The van der Waals surface area contributed by atoms with Gasteiger partial charge in [0.25, 0.3) is 0 Å². The largest absolute Gasteiger partial charge is 0.481 e. The maximum atomic E-state index is 11.3. The van der Waals surface area contributed by atoms with E-state index in [2.05, 4.69) is 25.1 Å². The molecule has 3 nitrogen and oxygen atoms in total. The van der Waals surface area contributed by atoms with Crippen LogP contribution in [-0.4, -0.2) is 23.3 Å². The van der Waals surface area contributed by atoms with Crippen LogP contribution in [0.1, 0.15) is 46.0 Å². The molecule has 4 unspecified atom stereocenters. The van der Waals surface area contributed by atoms with Gasteiger partial charge in [0.15, 0.2) is 0 Å². The van der Waals surface area contributed by atoms with Gasteiger partial charge in [0.1, 0.15) is 0 Å². The molecule has 0 amide bonds. The molecular weight excluding hydrogens is 226 g/mol. The Kier molecular flexibility index (Phi) is 2.61. The molecule has 18 heavy (non-hydrogen) atoms. The summed E-state index contributed by atoms with van der Waals surface area (Å²) in [7, 11) is 0. The van der Waals surface area contributed by atoms with E-state index >= 15 is 0 Å². The van der Waals surface area contributed by atoms with Crippen LogP contribution in [0.2, 0.25) is 0 Å². The minimum atomic E-state index is -0.659. The van der Waals surface area contributed by atoms with Crippen molar-refractivity contribution < 1.29 is 9.90 Å². The standard InChI is InChI=1S/C15H21NO2/c1-9(2)10-5-6-15-7-13(16-8-15)11(14(17)18)3-4-12(10)15/h8,11-13H,3-7H2,1-2H3,(H,17,18). The lowest BCUT2D eigenvalue weighted by atomic mass is 9.74. The smallest absolute Gasteiger partial charge is 0.308 e. The van der Waals surface area contributed by atoms with E-state index < -0.39 is 5.97 Å². The summed E-state index contributed by atoms with van der Waals surface area (Å²) in [5.41, 5.74) is 3.21. The maximum absolute atomic E-state index is 11.3. The van der Waals surface area contributed by atoms with E-state index in [9.17, 15) is 9.90 Å². The number of allylic oxidation sites excluding steroid dienone is 2. The molecule has 2 fully saturated rings. The molecular formula is C15H21NO2. The maximum Gasteiger partial charge on any atom is 0.308 e. The SMILES string of the molecule is CC(C)=C1CCC23C=NC(C2)C(C(=O)O)CCC13. The van der Waals surface area contributed by atoms with E-state index in [-0.39, 0.29) is 17.4 Å². The molecule has 2 saturated carbocycles. The average Bonchev–Trinajstić information content (AvgIpc) is 2.80. The highest BCUT2D eigenvalue weighted by Crippen LogP contribution is 2.57. The fraction of sp³-hybridized carbons (Fsp3) is 0.733. The lowest BCUT2D eigenvalue weighted by Gasteiger charge is -2.28. The molecule has 1 heterocycles. The number of carboxylic acids is 1. The molecule has 2 bridgehead atoms. The lowest BCUT2D eigenvalue weighted by Crippen LogP contribution is -2.26. The second-order valence-corrected chi connectivity index (χ2v) is 6.38. The van der Waals surface area contributed by atoms with Crippen LogP contribution in [0.15, 0.2) is 16.1 Å². The first kappa shape index (κ1) is 11.9. The van der Waals surface area contributed by atoms with E-state index in [1.165, 1.54) is 18.4 Å². The number of carboxylic acid groups (broad SMARTS) is 1. The summed E-state index contributed by atoms with van der Waals surface area (Å²) in [5, 5.41) is 9.33. The topological polar surface area (TPSA) is 49.7 Å². The van der Waals surface area contributed by atoms with Gasteiger partial charge in [-0.15, -0.1) is 0 Å². The van der Waals surface area contributed by atoms with Crippen LogP contribution in [0, 0.1) is 17.3 Å². The summed E-state index contributed by atoms with van der Waals surface area (Å²) in [4.78, 5) is 15.9. The number of aliphatic carboxylic acids is 1. The van der Waals surface area contributed by atoms with Gasteiger partial charge in [-0.25, -0.2) is 0 Å². The van der Waals surface area contributed by atoms with Crippen LogP contribution in [0.5, 0.6) is 0 Å². The van der Waals surface area contributed by atoms with E-state index in [0.29, 0.717) is 5.92 Å². The van der Waals surface area contributed by atoms with Crippen molar-refractivity contribution in [3.8, 4) is 0 Å². The molecule has 3 rings (SSSR count). The zero-order valence-corrected chi connectivity index (χ0v) is 11.1. The normalized spacial score (nSPS) is 41.7. The van der Waals surface area contributed by atoms with Crippen molar-refractivity contribution in [3.05, 3.63) is 11.1 Å². The predicted octanol–water partition coefficient (Wildman–Crippen LogP) is 3.06. The molecule has 2 aliphatic carbocycles. The zero-order chi connectivity index (χ0) is 12.9. The van der Waals surface area contributed by atoms with Gasteiger partial charge < -0.3 is 5.11 Å². The Morgan fingerprint density at radius 3 is 2.89 bits per heavy atom. The quantitative estimate of drug-likeness (QED) is 0.724. The highest BCUT2D eigenvalue weighted by molar-refractivity contribution is 5.76. The molecule has 98 valence electrons. The van der Waals surface area contributed by atoms with Crippen LogP contribution < -0.4 is 0 Å². The zero-order valence-electron chi connectivity index (χ0n) is 11.1. The summed E-state index contributed by atoms with van der Waals surface area (Å²) >= 11 is 0. The third kappa shape index (κ3) is 1.56. The van der Waals surface area contributed by atoms with Crippen molar-refractivity contribution >= 4 is 12.2 Å². The lowest BCUT2D eigenvalue weighted by molar-refractivity contribution is -0.142. The Labute approximate surface area is 108 Å². The Morgan fingerprint density at radius 1 is 1.44 bits per heavy atom. The summed E-state index contributed by atoms with van der Waals surface area (Å²) in [5.74, 6) is -0.363. The molecule has 1 aliphatic heterocycles. The third-order valence-electron chi connectivity index (χ3n) is 5.28. The van der Waals surface area contributed by atoms with Gasteiger partial charge >= 0.3 is 5.97 Å². The predicted molar refractivity (Wildman–Crippen MR) is 70.8 cm³/mol. The van der Waals surface area contributed by atoms with Crippen molar-refractivity contribution in [2.24, 2.45) is 22.2 Å². The second-order valence-electron chi connectivity index (χ2n) is 6.38. The Morgan fingerprint density at radius 2 is 2.22 bits per heavy atom. The molecule has 1 spiro atoms. The molecule has 0 radical (unpaired) electrons. The van der Waals surface area contributed by atoms with Crippen LogP contribution in [0.25, 0.3) is 0 Å². The van der Waals surface area contributed by atoms with E-state index in [1.807, 2.05) is 0 Å². The number of fused-ring (bicyclic) bond motifs is 1. The van der Waals surface area contributed by atoms with Crippen molar-refractivity contribution in [2.45, 2.75) is 52.0 Å². The first-order valence-corrected chi connectivity index (χ1v) is 6.97. The summed E-state index contributed by atoms with van der Waals surface area (Å²) in [6, 6.07) is 0.0315. The summed E-state index contributed by atoms with van der Waals surface area (Å²) in [6.07, 6.45) is 7.26. The molecule has 0 saturated heterocycles. The van der Waals surface area contributed by atoms with Crippen molar-refractivity contribution in [1.29, 1.82) is 0 Å². The molecule has 0 aromatic rings. The highest BCUT2D eigenvalue weighted by atomic mass is 16.4. The Bertz CT molecular complexity index is 447. The van der Waals surface area contributed by atoms with Crippen molar-refractivity contribution in [2.75, 3.05) is 0 Å². The van der Waals surface area contributed by atoms with E-state index in [0.717, 1.165) is 19.3 Å². The van der Waals surface area contributed by atoms with E-state index in [1.54, 1.807) is 5.57 Å². The second kappa shape index (κ2) is 3.94. The monoisotopic (exact) mass is 247 g/mol. The van der Waals surface area contributed by atoms with Crippen LogP contribution in [0.4, 0.5) is 0 Å². The molecule has 3 aliphatic rings. The first-order valence-electron chi connectivity index (χ1n) is 6.97. The fourth-order valence-electron chi connectivity index (χ4n) is 4.33. The van der Waals surface area contributed by atoms with Crippen LogP contribution >= 0.6 is 0 Å². The average molecular weight is 247 g/mol. The number of hydrogen-bond donors (Lipinski definition) is 1. The van der Waals surface area contributed by atoms with Gasteiger partial charge in [-0.2, -0.15) is 0 Å². The van der Waals surface area contributed by atoms with Gasteiger partial charge in [0, 0.05) is 11.6 Å². The summed E-state index contributed by atoms with van der Waals surface area (Å²) in [6.45, 7) is 4.38. The van der Waals surface area contributed by atoms with Gasteiger partial charge in [-0.05, 0) is 51.9 Å². The Hall–Kier alpha value is -1.12. The number of aliphatic imine (C=N–C) groups is 1. The number of hydrogen-bond acceptors (Lipinski definition) is 2. The number of nitrogens with zero attached hydrogens (tertiary/aromatic N) is 1. The van der Waals surface area contributed by atoms with Gasteiger partial charge in [-0.1, -0.05) is 11.1 Å². The molecule has 4 atom stereocenters. The van der Waals surface area contributed by atoms with Crippen molar-refractivity contribution in [1.82, 2.24) is 0 Å². The van der Waals surface area contributed by atoms with Crippen LogP contribution in [-0.2, 0) is 4.79 Å². The van der Waals surface area contributed by atoms with Crippen molar-refractivity contribution in [3.63, 3.8) is 0 Å². The minimum Gasteiger partial charge on any atom is -0.481 e. The Balaban J connectivity index is 1.97. The van der Waals surface area contributed by atoms with E-state index in [4.69, 9.17) is 0 Å². The van der Waals surface area contributed by atoms with Crippen LogP contribution in [0.3, 0.4) is 0 Å². The molecule has 0 aromatic heterocycles. The first-order chi connectivity index (χ1) is 8.53. The van der Waals surface area contributed by atoms with Gasteiger partial charge in [-0.3, -0.25) is 9.79 Å². The third-order valence-corrected chi connectivity index (χ3v) is 5.28.